The first-order valence-corrected chi connectivity index (χ1v) is 10.2. The Kier molecular flexibility index (Phi) is 5.10. The van der Waals surface area contributed by atoms with E-state index in [1.54, 1.807) is 11.0 Å². The highest BCUT2D eigenvalue weighted by Gasteiger charge is 2.22. The molecule has 0 aliphatic carbocycles. The first-order chi connectivity index (χ1) is 14.0. The van der Waals surface area contributed by atoms with Gasteiger partial charge in [-0.25, -0.2) is 4.98 Å². The van der Waals surface area contributed by atoms with Gasteiger partial charge in [0.1, 0.15) is 0 Å². The van der Waals surface area contributed by atoms with Gasteiger partial charge in [0.2, 0.25) is 5.71 Å². The van der Waals surface area contributed by atoms with Crippen molar-refractivity contribution in [3.8, 4) is 0 Å². The molecule has 0 fully saturated rings. The Labute approximate surface area is 171 Å². The van der Waals surface area contributed by atoms with E-state index in [0.717, 1.165) is 34.0 Å². The summed E-state index contributed by atoms with van der Waals surface area (Å²) < 4.78 is 5.89. The Bertz CT molecular complexity index is 1170. The van der Waals surface area contributed by atoms with Crippen LogP contribution in [0.2, 0.25) is 0 Å². The number of carbonyl (C=O) groups excluding carboxylic acids is 1. The summed E-state index contributed by atoms with van der Waals surface area (Å²) in [6.07, 6.45) is 0.860. The van der Waals surface area contributed by atoms with Gasteiger partial charge in [0.05, 0.1) is 5.52 Å². The zero-order valence-corrected chi connectivity index (χ0v) is 17.4. The first-order valence-electron chi connectivity index (χ1n) is 10.2. The average Bonchev–Trinajstić information content (AvgIpc) is 3.12. The van der Waals surface area contributed by atoms with E-state index in [1.807, 2.05) is 37.3 Å². The van der Waals surface area contributed by atoms with Crippen LogP contribution in [0.15, 0.2) is 59.0 Å². The quantitative estimate of drug-likeness (QED) is 0.395. The lowest BCUT2D eigenvalue weighted by atomic mass is 10.0. The zero-order valence-electron chi connectivity index (χ0n) is 17.4. The molecular weight excluding hydrogens is 360 g/mol. The smallest absolute Gasteiger partial charge is 0.294 e. The van der Waals surface area contributed by atoms with Gasteiger partial charge in [-0.05, 0) is 60.7 Å². The van der Waals surface area contributed by atoms with Gasteiger partial charge in [-0.15, -0.1) is 0 Å². The van der Waals surface area contributed by atoms with E-state index in [2.05, 4.69) is 44.0 Å². The molecule has 2 heterocycles. The van der Waals surface area contributed by atoms with Crippen LogP contribution in [0.4, 0.5) is 5.69 Å². The summed E-state index contributed by atoms with van der Waals surface area (Å²) in [6.45, 7) is 9.06. The number of anilines is 1. The van der Waals surface area contributed by atoms with E-state index in [1.165, 1.54) is 5.56 Å². The maximum absolute atomic E-state index is 13.3. The number of hydrogen-bond donors (Lipinski definition) is 0. The van der Waals surface area contributed by atoms with Crippen molar-refractivity contribution in [2.45, 2.75) is 40.0 Å². The van der Waals surface area contributed by atoms with E-state index in [-0.39, 0.29) is 5.91 Å². The lowest BCUT2D eigenvalue weighted by molar-refractivity contribution is 0.0962. The van der Waals surface area contributed by atoms with Gasteiger partial charge in [0.15, 0.2) is 5.76 Å². The van der Waals surface area contributed by atoms with Crippen LogP contribution in [0.1, 0.15) is 54.8 Å². The number of benzene rings is 2. The predicted octanol–water partition coefficient (Wildman–Crippen LogP) is 6.47. The van der Waals surface area contributed by atoms with Crippen molar-refractivity contribution in [3.63, 3.8) is 0 Å². The second kappa shape index (κ2) is 7.70. The molecule has 0 saturated heterocycles. The summed E-state index contributed by atoms with van der Waals surface area (Å²) in [5, 5.41) is 1.88. The lowest BCUT2D eigenvalue weighted by Gasteiger charge is -2.21. The van der Waals surface area contributed by atoms with Gasteiger partial charge in [0.25, 0.3) is 5.91 Å². The molecule has 148 valence electrons. The van der Waals surface area contributed by atoms with Crippen molar-refractivity contribution >= 4 is 33.6 Å². The molecule has 0 unspecified atom stereocenters. The Hall–Kier alpha value is -3.14. The molecule has 29 heavy (non-hydrogen) atoms. The van der Waals surface area contributed by atoms with Gasteiger partial charge >= 0.3 is 0 Å². The standard InChI is InChI=1S/C25H26N2O2/c1-5-12-27(21-10-8-18(9-11-21)16(2)3)25(28)23-15-20-14-19-7-6-17(4)13-22(19)26-24(20)29-23/h6-11,13-16H,5,12H2,1-4H3. The van der Waals surface area contributed by atoms with Crippen molar-refractivity contribution in [3.05, 3.63) is 71.5 Å². The number of pyridine rings is 1. The minimum absolute atomic E-state index is 0.137. The number of furan rings is 1. The summed E-state index contributed by atoms with van der Waals surface area (Å²) >= 11 is 0. The van der Waals surface area contributed by atoms with Crippen LogP contribution in [0.3, 0.4) is 0 Å². The topological polar surface area (TPSA) is 46.3 Å². The number of amides is 1. The van der Waals surface area contributed by atoms with Gasteiger partial charge < -0.3 is 9.32 Å². The maximum atomic E-state index is 13.3. The minimum Gasteiger partial charge on any atom is -0.433 e. The third kappa shape index (κ3) is 3.75. The van der Waals surface area contributed by atoms with Crippen molar-refractivity contribution in [1.29, 1.82) is 0 Å². The molecule has 0 bridgehead atoms. The van der Waals surface area contributed by atoms with Crippen LogP contribution < -0.4 is 4.90 Å². The van der Waals surface area contributed by atoms with Crippen LogP contribution in [0.5, 0.6) is 0 Å². The second-order valence-electron chi connectivity index (χ2n) is 7.89. The van der Waals surface area contributed by atoms with E-state index in [9.17, 15) is 4.79 Å². The highest BCUT2D eigenvalue weighted by atomic mass is 16.4. The number of aromatic nitrogens is 1. The van der Waals surface area contributed by atoms with Crippen LogP contribution in [0.25, 0.3) is 22.0 Å². The molecule has 2 aromatic carbocycles. The monoisotopic (exact) mass is 386 g/mol. The van der Waals surface area contributed by atoms with E-state index < -0.39 is 0 Å². The number of hydrogen-bond acceptors (Lipinski definition) is 3. The van der Waals surface area contributed by atoms with Crippen molar-refractivity contribution in [2.75, 3.05) is 11.4 Å². The molecule has 0 saturated carbocycles. The largest absolute Gasteiger partial charge is 0.433 e. The number of fused-ring (bicyclic) bond motifs is 2. The fraction of sp³-hybridized carbons (Fsp3) is 0.280. The molecule has 4 heteroatoms. The SMILES string of the molecule is CCCN(C(=O)c1cc2cc3ccc(C)cc3nc2o1)c1ccc(C(C)C)cc1. The fourth-order valence-corrected chi connectivity index (χ4v) is 3.58. The summed E-state index contributed by atoms with van der Waals surface area (Å²) in [5.74, 6) is 0.641. The molecule has 0 radical (unpaired) electrons. The molecule has 0 aliphatic rings. The molecule has 1 amide bonds. The van der Waals surface area contributed by atoms with Crippen LogP contribution in [-0.2, 0) is 0 Å². The van der Waals surface area contributed by atoms with E-state index in [4.69, 9.17) is 4.42 Å². The number of rotatable bonds is 5. The van der Waals surface area contributed by atoms with Gasteiger partial charge in [-0.3, -0.25) is 4.79 Å². The molecule has 4 rings (SSSR count). The Morgan fingerprint density at radius 2 is 1.79 bits per heavy atom. The Morgan fingerprint density at radius 1 is 1.03 bits per heavy atom. The number of nitrogens with zero attached hydrogens (tertiary/aromatic N) is 2. The molecule has 0 N–H and O–H groups in total. The Balaban J connectivity index is 1.71. The summed E-state index contributed by atoms with van der Waals surface area (Å²) in [4.78, 5) is 19.7. The maximum Gasteiger partial charge on any atom is 0.294 e. The Morgan fingerprint density at radius 3 is 2.48 bits per heavy atom. The summed E-state index contributed by atoms with van der Waals surface area (Å²) in [7, 11) is 0. The first kappa shape index (κ1) is 19.2. The van der Waals surface area contributed by atoms with E-state index in [0.29, 0.717) is 23.9 Å². The number of carbonyl (C=O) groups is 1. The fourth-order valence-electron chi connectivity index (χ4n) is 3.58. The van der Waals surface area contributed by atoms with E-state index >= 15 is 0 Å². The molecular formula is C25H26N2O2. The van der Waals surface area contributed by atoms with Crippen molar-refractivity contribution in [1.82, 2.24) is 4.98 Å². The zero-order chi connectivity index (χ0) is 20.5. The average molecular weight is 386 g/mol. The summed E-state index contributed by atoms with van der Waals surface area (Å²) in [6, 6.07) is 18.2. The van der Waals surface area contributed by atoms with Crippen LogP contribution in [0, 0.1) is 6.92 Å². The van der Waals surface area contributed by atoms with Crippen LogP contribution >= 0.6 is 0 Å². The predicted molar refractivity (Wildman–Crippen MR) is 119 cm³/mol. The highest BCUT2D eigenvalue weighted by Crippen LogP contribution is 2.27. The van der Waals surface area contributed by atoms with Gasteiger partial charge in [-0.1, -0.05) is 45.0 Å². The highest BCUT2D eigenvalue weighted by molar-refractivity contribution is 6.06. The molecule has 0 atom stereocenters. The van der Waals surface area contributed by atoms with Crippen LogP contribution in [-0.4, -0.2) is 17.4 Å². The molecule has 4 nitrogen and oxygen atoms in total. The van der Waals surface area contributed by atoms with Gasteiger partial charge in [-0.2, -0.15) is 0 Å². The molecule has 0 spiro atoms. The van der Waals surface area contributed by atoms with Crippen molar-refractivity contribution < 1.29 is 9.21 Å². The minimum atomic E-state index is -0.137. The van der Waals surface area contributed by atoms with Crippen molar-refractivity contribution in [2.24, 2.45) is 0 Å². The number of aryl methyl sites for hydroxylation is 1. The molecule has 4 aromatic rings. The molecule has 2 aromatic heterocycles. The normalized spacial score (nSPS) is 11.5. The summed E-state index contributed by atoms with van der Waals surface area (Å²) in [5.41, 5.74) is 4.66. The third-order valence-electron chi connectivity index (χ3n) is 5.23. The second-order valence-corrected chi connectivity index (χ2v) is 7.89. The molecule has 0 aliphatic heterocycles. The third-order valence-corrected chi connectivity index (χ3v) is 5.23. The lowest BCUT2D eigenvalue weighted by Crippen LogP contribution is -2.31. The van der Waals surface area contributed by atoms with Gasteiger partial charge in [0, 0.05) is 23.0 Å².